The summed E-state index contributed by atoms with van der Waals surface area (Å²) in [7, 11) is 1.65. The number of benzene rings is 1. The van der Waals surface area contributed by atoms with Gasteiger partial charge in [-0.05, 0) is 50.1 Å². The number of carbonyl (C=O) groups is 1. The largest absolute Gasteiger partial charge is 0.496 e. The van der Waals surface area contributed by atoms with Gasteiger partial charge in [0.05, 0.1) is 13.0 Å². The SMILES string of the molecule is COc1ccc(NC(=O)[C@H]2CCCNC2)cc1C. The summed E-state index contributed by atoms with van der Waals surface area (Å²) >= 11 is 0. The van der Waals surface area contributed by atoms with E-state index in [-0.39, 0.29) is 11.8 Å². The van der Waals surface area contributed by atoms with Crippen molar-refractivity contribution in [3.8, 4) is 5.75 Å². The van der Waals surface area contributed by atoms with Gasteiger partial charge >= 0.3 is 0 Å². The fourth-order valence-corrected chi connectivity index (χ4v) is 2.28. The summed E-state index contributed by atoms with van der Waals surface area (Å²) in [6, 6.07) is 5.69. The Balaban J connectivity index is 2.00. The number of nitrogens with one attached hydrogen (secondary N) is 2. The molecule has 1 aliphatic heterocycles. The van der Waals surface area contributed by atoms with Crippen LogP contribution in [0.25, 0.3) is 0 Å². The van der Waals surface area contributed by atoms with Crippen molar-refractivity contribution < 1.29 is 9.53 Å². The molecule has 0 radical (unpaired) electrons. The van der Waals surface area contributed by atoms with Crippen LogP contribution in [0.4, 0.5) is 5.69 Å². The summed E-state index contributed by atoms with van der Waals surface area (Å²) in [5, 5.41) is 6.22. The van der Waals surface area contributed by atoms with Crippen LogP contribution in [0, 0.1) is 12.8 Å². The molecule has 1 atom stereocenters. The number of methoxy groups -OCH3 is 1. The Labute approximate surface area is 108 Å². The molecule has 1 aromatic rings. The number of hydrogen-bond donors (Lipinski definition) is 2. The van der Waals surface area contributed by atoms with Crippen LogP contribution in [0.5, 0.6) is 5.75 Å². The normalized spacial score (nSPS) is 19.3. The highest BCUT2D eigenvalue weighted by Crippen LogP contribution is 2.22. The molecule has 1 aromatic carbocycles. The number of hydrogen-bond acceptors (Lipinski definition) is 3. The predicted molar refractivity (Wildman–Crippen MR) is 72.0 cm³/mol. The van der Waals surface area contributed by atoms with Crippen LogP contribution in [0.2, 0.25) is 0 Å². The van der Waals surface area contributed by atoms with Gasteiger partial charge in [-0.3, -0.25) is 4.79 Å². The van der Waals surface area contributed by atoms with Crippen molar-refractivity contribution in [1.82, 2.24) is 5.32 Å². The Hall–Kier alpha value is -1.55. The standard InChI is InChI=1S/C14H20N2O2/c1-10-8-12(5-6-13(10)18-2)16-14(17)11-4-3-7-15-9-11/h5-6,8,11,15H,3-4,7,9H2,1-2H3,(H,16,17)/t11-/m0/s1. The van der Waals surface area contributed by atoms with Crippen molar-refractivity contribution in [3.05, 3.63) is 23.8 Å². The zero-order valence-electron chi connectivity index (χ0n) is 11.0. The van der Waals surface area contributed by atoms with E-state index in [9.17, 15) is 4.79 Å². The number of aryl methyl sites for hydroxylation is 1. The molecule has 98 valence electrons. The van der Waals surface area contributed by atoms with E-state index in [2.05, 4.69) is 10.6 Å². The summed E-state index contributed by atoms with van der Waals surface area (Å²) in [4.78, 5) is 12.1. The van der Waals surface area contributed by atoms with Gasteiger partial charge in [0, 0.05) is 12.2 Å². The minimum atomic E-state index is 0.0844. The summed E-state index contributed by atoms with van der Waals surface area (Å²) in [5.41, 5.74) is 1.86. The van der Waals surface area contributed by atoms with Crippen molar-refractivity contribution in [2.75, 3.05) is 25.5 Å². The van der Waals surface area contributed by atoms with Gasteiger partial charge in [-0.2, -0.15) is 0 Å². The summed E-state index contributed by atoms with van der Waals surface area (Å²) in [6.45, 7) is 3.77. The molecule has 18 heavy (non-hydrogen) atoms. The summed E-state index contributed by atoms with van der Waals surface area (Å²) in [6.07, 6.45) is 2.04. The highest BCUT2D eigenvalue weighted by molar-refractivity contribution is 5.92. The highest BCUT2D eigenvalue weighted by Gasteiger charge is 2.20. The first-order valence-electron chi connectivity index (χ1n) is 6.37. The smallest absolute Gasteiger partial charge is 0.228 e. The van der Waals surface area contributed by atoms with Crippen molar-refractivity contribution in [1.29, 1.82) is 0 Å². The van der Waals surface area contributed by atoms with Gasteiger partial charge in [-0.25, -0.2) is 0 Å². The lowest BCUT2D eigenvalue weighted by atomic mass is 9.99. The highest BCUT2D eigenvalue weighted by atomic mass is 16.5. The average Bonchev–Trinajstić information content (AvgIpc) is 2.40. The molecule has 4 nitrogen and oxygen atoms in total. The average molecular weight is 248 g/mol. The molecule has 1 amide bonds. The van der Waals surface area contributed by atoms with Crippen molar-refractivity contribution in [3.63, 3.8) is 0 Å². The maximum absolute atomic E-state index is 12.1. The zero-order chi connectivity index (χ0) is 13.0. The Kier molecular flexibility index (Phi) is 4.20. The third-order valence-corrected chi connectivity index (χ3v) is 3.33. The molecule has 0 spiro atoms. The molecule has 1 aliphatic rings. The van der Waals surface area contributed by atoms with E-state index in [1.807, 2.05) is 25.1 Å². The zero-order valence-corrected chi connectivity index (χ0v) is 11.0. The van der Waals surface area contributed by atoms with E-state index in [1.54, 1.807) is 7.11 Å². The molecule has 0 aliphatic carbocycles. The lowest BCUT2D eigenvalue weighted by molar-refractivity contribution is -0.120. The Bertz CT molecular complexity index is 426. The Morgan fingerprint density at radius 2 is 2.33 bits per heavy atom. The van der Waals surface area contributed by atoms with Crippen LogP contribution in [0.15, 0.2) is 18.2 Å². The number of anilines is 1. The van der Waals surface area contributed by atoms with Gasteiger partial charge < -0.3 is 15.4 Å². The third-order valence-electron chi connectivity index (χ3n) is 3.33. The van der Waals surface area contributed by atoms with Gasteiger partial charge in [-0.15, -0.1) is 0 Å². The van der Waals surface area contributed by atoms with Crippen LogP contribution < -0.4 is 15.4 Å². The fourth-order valence-electron chi connectivity index (χ4n) is 2.28. The maximum atomic E-state index is 12.1. The molecule has 0 aromatic heterocycles. The van der Waals surface area contributed by atoms with Crippen molar-refractivity contribution >= 4 is 11.6 Å². The second kappa shape index (κ2) is 5.87. The lowest BCUT2D eigenvalue weighted by Crippen LogP contribution is -2.37. The molecule has 2 N–H and O–H groups in total. The van der Waals surface area contributed by atoms with Crippen molar-refractivity contribution in [2.24, 2.45) is 5.92 Å². The first-order valence-corrected chi connectivity index (χ1v) is 6.37. The van der Waals surface area contributed by atoms with Crippen LogP contribution in [0.3, 0.4) is 0 Å². The second-order valence-corrected chi connectivity index (χ2v) is 4.72. The van der Waals surface area contributed by atoms with Crippen molar-refractivity contribution in [2.45, 2.75) is 19.8 Å². The molecule has 4 heteroatoms. The van der Waals surface area contributed by atoms with Gasteiger partial charge in [-0.1, -0.05) is 0 Å². The van der Waals surface area contributed by atoms with Gasteiger partial charge in [0.25, 0.3) is 0 Å². The first-order chi connectivity index (χ1) is 8.70. The minimum absolute atomic E-state index is 0.0844. The number of carbonyl (C=O) groups excluding carboxylic acids is 1. The Morgan fingerprint density at radius 3 is 2.94 bits per heavy atom. The number of piperidine rings is 1. The molecular formula is C14H20N2O2. The van der Waals surface area contributed by atoms with Gasteiger partial charge in [0.2, 0.25) is 5.91 Å². The molecule has 0 bridgehead atoms. The molecule has 1 saturated heterocycles. The van der Waals surface area contributed by atoms with E-state index in [1.165, 1.54) is 0 Å². The summed E-state index contributed by atoms with van der Waals surface area (Å²) < 4.78 is 5.20. The van der Waals surface area contributed by atoms with E-state index in [0.29, 0.717) is 0 Å². The van der Waals surface area contributed by atoms with Gasteiger partial charge in [0.1, 0.15) is 5.75 Å². The van der Waals surface area contributed by atoms with E-state index in [4.69, 9.17) is 4.74 Å². The molecular weight excluding hydrogens is 228 g/mol. The van der Waals surface area contributed by atoms with E-state index in [0.717, 1.165) is 42.9 Å². The third kappa shape index (κ3) is 3.01. The molecule has 1 heterocycles. The van der Waals surface area contributed by atoms with E-state index >= 15 is 0 Å². The van der Waals surface area contributed by atoms with Crippen LogP contribution >= 0.6 is 0 Å². The fraction of sp³-hybridized carbons (Fsp3) is 0.500. The van der Waals surface area contributed by atoms with Gasteiger partial charge in [0.15, 0.2) is 0 Å². The lowest BCUT2D eigenvalue weighted by Gasteiger charge is -2.22. The predicted octanol–water partition coefficient (Wildman–Crippen LogP) is 1.94. The quantitative estimate of drug-likeness (QED) is 0.859. The maximum Gasteiger partial charge on any atom is 0.228 e. The minimum Gasteiger partial charge on any atom is -0.496 e. The second-order valence-electron chi connectivity index (χ2n) is 4.72. The number of amides is 1. The molecule has 1 fully saturated rings. The molecule has 0 unspecified atom stereocenters. The van der Waals surface area contributed by atoms with Crippen LogP contribution in [-0.4, -0.2) is 26.1 Å². The van der Waals surface area contributed by atoms with Crippen LogP contribution in [0.1, 0.15) is 18.4 Å². The van der Waals surface area contributed by atoms with Crippen LogP contribution in [-0.2, 0) is 4.79 Å². The number of rotatable bonds is 3. The first kappa shape index (κ1) is 12.9. The molecule has 2 rings (SSSR count). The summed E-state index contributed by atoms with van der Waals surface area (Å²) in [5.74, 6) is 1.03. The topological polar surface area (TPSA) is 50.4 Å². The van der Waals surface area contributed by atoms with E-state index < -0.39 is 0 Å². The molecule has 0 saturated carbocycles. The number of ether oxygens (including phenoxy) is 1. The monoisotopic (exact) mass is 248 g/mol. The Morgan fingerprint density at radius 1 is 1.50 bits per heavy atom.